The van der Waals surface area contributed by atoms with E-state index in [2.05, 4.69) is 35.4 Å². The zero-order chi connectivity index (χ0) is 24.4. The molecule has 0 fully saturated rings. The first-order chi connectivity index (χ1) is 15.7. The van der Waals surface area contributed by atoms with Crippen molar-refractivity contribution in [1.82, 2.24) is 25.4 Å². The van der Waals surface area contributed by atoms with Gasteiger partial charge in [-0.1, -0.05) is 40.9 Å². The summed E-state index contributed by atoms with van der Waals surface area (Å²) < 4.78 is 9.60. The molecule has 0 amide bonds. The third kappa shape index (κ3) is 8.08. The Balaban J connectivity index is 0.000000257. The number of aromatic nitrogens is 5. The van der Waals surface area contributed by atoms with Gasteiger partial charge >= 0.3 is 11.9 Å². The third-order valence-corrected chi connectivity index (χ3v) is 4.23. The van der Waals surface area contributed by atoms with Crippen molar-refractivity contribution in [2.24, 2.45) is 0 Å². The van der Waals surface area contributed by atoms with Crippen LogP contribution in [-0.2, 0) is 9.47 Å². The minimum absolute atomic E-state index is 0.0204. The number of nitrogens with zero attached hydrogens (tertiary/aromatic N) is 5. The van der Waals surface area contributed by atoms with Crippen molar-refractivity contribution in [3.63, 3.8) is 0 Å². The van der Waals surface area contributed by atoms with Gasteiger partial charge in [0.2, 0.25) is 0 Å². The summed E-state index contributed by atoms with van der Waals surface area (Å²) in [6, 6.07) is 8.34. The number of hydrogen-bond acceptors (Lipinski definition) is 10. The van der Waals surface area contributed by atoms with Gasteiger partial charge in [-0.05, 0) is 39.0 Å². The molecule has 0 saturated heterocycles. The molecule has 3 aromatic heterocycles. The molecule has 3 heterocycles. The van der Waals surface area contributed by atoms with Crippen LogP contribution in [0.2, 0.25) is 15.3 Å². The Bertz CT molecular complexity index is 1130. The maximum absolute atomic E-state index is 11.8. The number of carbonyl (C=O) groups is 2. The fourth-order valence-electron chi connectivity index (χ4n) is 2.25. The highest BCUT2D eigenvalue weighted by Crippen LogP contribution is 2.21. The maximum atomic E-state index is 11.8. The number of halogens is 3. The second-order valence-corrected chi connectivity index (χ2v) is 7.20. The standard InChI is InChI=1S/C13H13ClN4O2.C7H6Cl2N2O2/c1-3-20-13(19)12-9(7-10(14)17-18-12)16-11-6-4-5-8(2)15-11;1-2-13-7(12)6-4(8)3-5(9)10-11-6/h4-7H,3H2,1-2H3,(H,15,16,17);3H,2H2,1H3. The Morgan fingerprint density at radius 2 is 1.45 bits per heavy atom. The minimum Gasteiger partial charge on any atom is -0.461 e. The fraction of sp³-hybridized carbons (Fsp3) is 0.250. The average Bonchev–Trinajstić information content (AvgIpc) is 2.74. The Morgan fingerprint density at radius 3 is 2.03 bits per heavy atom. The van der Waals surface area contributed by atoms with E-state index in [1.54, 1.807) is 19.9 Å². The summed E-state index contributed by atoms with van der Waals surface area (Å²) in [6.45, 7) is 5.80. The Kier molecular flexibility index (Phi) is 10.2. The SMILES string of the molecule is CCOC(=O)c1nnc(Cl)cc1Cl.CCOC(=O)c1nnc(Cl)cc1Nc1cccc(C)n1. The third-order valence-electron chi connectivity index (χ3n) is 3.57. The number of pyridine rings is 1. The van der Waals surface area contributed by atoms with Gasteiger partial charge in [-0.2, -0.15) is 0 Å². The lowest BCUT2D eigenvalue weighted by atomic mass is 10.3. The first-order valence-electron chi connectivity index (χ1n) is 9.52. The van der Waals surface area contributed by atoms with Gasteiger partial charge < -0.3 is 14.8 Å². The molecule has 33 heavy (non-hydrogen) atoms. The van der Waals surface area contributed by atoms with Crippen LogP contribution in [0.15, 0.2) is 30.3 Å². The first kappa shape index (κ1) is 26.2. The quantitative estimate of drug-likeness (QED) is 0.462. The van der Waals surface area contributed by atoms with Gasteiger partial charge in [0.1, 0.15) is 5.82 Å². The van der Waals surface area contributed by atoms with Gasteiger partial charge in [-0.25, -0.2) is 14.6 Å². The Hall–Kier alpha value is -3.08. The van der Waals surface area contributed by atoms with Crippen LogP contribution >= 0.6 is 34.8 Å². The van der Waals surface area contributed by atoms with Crippen molar-refractivity contribution in [2.45, 2.75) is 20.8 Å². The molecule has 0 unspecified atom stereocenters. The second kappa shape index (κ2) is 12.8. The zero-order valence-electron chi connectivity index (χ0n) is 17.8. The average molecular weight is 514 g/mol. The Labute approximate surface area is 204 Å². The molecule has 0 aliphatic carbocycles. The van der Waals surface area contributed by atoms with Crippen LogP contribution < -0.4 is 5.32 Å². The van der Waals surface area contributed by atoms with Crippen molar-refractivity contribution in [3.8, 4) is 0 Å². The lowest BCUT2D eigenvalue weighted by molar-refractivity contribution is 0.0509. The lowest BCUT2D eigenvalue weighted by Crippen LogP contribution is -2.12. The topological polar surface area (TPSA) is 129 Å². The summed E-state index contributed by atoms with van der Waals surface area (Å²) in [4.78, 5) is 27.2. The minimum atomic E-state index is -0.600. The number of rotatable bonds is 6. The summed E-state index contributed by atoms with van der Waals surface area (Å²) in [7, 11) is 0. The molecule has 0 bridgehead atoms. The molecule has 3 aromatic rings. The monoisotopic (exact) mass is 512 g/mol. The van der Waals surface area contributed by atoms with Crippen LogP contribution in [0.4, 0.5) is 11.5 Å². The van der Waals surface area contributed by atoms with Crippen LogP contribution in [0.3, 0.4) is 0 Å². The summed E-state index contributed by atoms with van der Waals surface area (Å²) >= 11 is 17.0. The highest BCUT2D eigenvalue weighted by atomic mass is 35.5. The molecule has 174 valence electrons. The molecule has 1 N–H and O–H groups in total. The van der Waals surface area contributed by atoms with Crippen LogP contribution in [0.5, 0.6) is 0 Å². The van der Waals surface area contributed by atoms with Gasteiger partial charge in [-0.3, -0.25) is 0 Å². The molecular weight excluding hydrogens is 495 g/mol. The van der Waals surface area contributed by atoms with Crippen LogP contribution in [0.25, 0.3) is 0 Å². The van der Waals surface area contributed by atoms with E-state index in [0.29, 0.717) is 11.5 Å². The van der Waals surface area contributed by atoms with Gasteiger partial charge in [0, 0.05) is 11.8 Å². The van der Waals surface area contributed by atoms with E-state index >= 15 is 0 Å². The van der Waals surface area contributed by atoms with Crippen molar-refractivity contribution in [1.29, 1.82) is 0 Å². The van der Waals surface area contributed by atoms with Crippen LogP contribution in [0.1, 0.15) is 40.5 Å². The molecular formula is C20H19Cl3N6O4. The number of nitrogens with one attached hydrogen (secondary N) is 1. The van der Waals surface area contributed by atoms with Crippen molar-refractivity contribution in [2.75, 3.05) is 18.5 Å². The Morgan fingerprint density at radius 1 is 0.879 bits per heavy atom. The highest BCUT2D eigenvalue weighted by Gasteiger charge is 2.17. The van der Waals surface area contributed by atoms with E-state index in [1.807, 2.05) is 19.1 Å². The molecule has 10 nitrogen and oxygen atoms in total. The highest BCUT2D eigenvalue weighted by molar-refractivity contribution is 6.35. The molecule has 0 aromatic carbocycles. The summed E-state index contributed by atoms with van der Waals surface area (Å²) in [5.41, 5.74) is 1.30. The van der Waals surface area contributed by atoms with Gasteiger partial charge in [0.15, 0.2) is 21.7 Å². The van der Waals surface area contributed by atoms with E-state index in [0.717, 1.165) is 5.69 Å². The number of esters is 2. The molecule has 0 atom stereocenters. The van der Waals surface area contributed by atoms with Gasteiger partial charge in [0.25, 0.3) is 0 Å². The fourth-order valence-corrected chi connectivity index (χ4v) is 2.82. The van der Waals surface area contributed by atoms with Crippen molar-refractivity contribution in [3.05, 3.63) is 62.7 Å². The van der Waals surface area contributed by atoms with Crippen LogP contribution in [-0.4, -0.2) is 50.5 Å². The van der Waals surface area contributed by atoms with Crippen LogP contribution in [0, 0.1) is 6.92 Å². The lowest BCUT2D eigenvalue weighted by Gasteiger charge is -2.10. The summed E-state index contributed by atoms with van der Waals surface area (Å²) in [5, 5.41) is 17.8. The number of carbonyl (C=O) groups excluding carboxylic acids is 2. The number of ether oxygens (including phenoxy) is 2. The van der Waals surface area contributed by atoms with E-state index in [9.17, 15) is 9.59 Å². The number of hydrogen-bond donors (Lipinski definition) is 1. The zero-order valence-corrected chi connectivity index (χ0v) is 20.1. The van der Waals surface area contributed by atoms with E-state index in [-0.39, 0.29) is 39.9 Å². The molecule has 0 aliphatic rings. The van der Waals surface area contributed by atoms with Gasteiger partial charge in [0.05, 0.1) is 23.9 Å². The molecule has 3 rings (SSSR count). The molecule has 13 heteroatoms. The smallest absolute Gasteiger partial charge is 0.361 e. The molecule has 0 aliphatic heterocycles. The number of anilines is 2. The van der Waals surface area contributed by atoms with E-state index in [1.165, 1.54) is 12.1 Å². The largest absolute Gasteiger partial charge is 0.461 e. The van der Waals surface area contributed by atoms with Crippen molar-refractivity contribution < 1.29 is 19.1 Å². The maximum Gasteiger partial charge on any atom is 0.361 e. The second-order valence-electron chi connectivity index (χ2n) is 6.02. The normalized spacial score (nSPS) is 10.0. The predicted molar refractivity (Wildman–Crippen MR) is 123 cm³/mol. The van der Waals surface area contributed by atoms with E-state index in [4.69, 9.17) is 39.5 Å². The first-order valence-corrected chi connectivity index (χ1v) is 10.6. The van der Waals surface area contributed by atoms with E-state index < -0.39 is 11.9 Å². The molecule has 0 saturated carbocycles. The van der Waals surface area contributed by atoms with Crippen molar-refractivity contribution >= 4 is 58.2 Å². The number of aryl methyl sites for hydroxylation is 1. The molecule has 0 radical (unpaired) electrons. The predicted octanol–water partition coefficient (Wildman–Crippen LogP) is 4.71. The summed E-state index contributed by atoms with van der Waals surface area (Å²) in [6.07, 6.45) is 0. The van der Waals surface area contributed by atoms with Gasteiger partial charge in [-0.15, -0.1) is 20.4 Å². The molecule has 0 spiro atoms. The summed E-state index contributed by atoms with van der Waals surface area (Å²) in [5.74, 6) is -0.580.